The van der Waals surface area contributed by atoms with Crippen LogP contribution in [0, 0.1) is 19.3 Å². The van der Waals surface area contributed by atoms with Crippen molar-refractivity contribution in [2.75, 3.05) is 18.8 Å². The molecule has 0 bridgehead atoms. The average Bonchev–Trinajstić information content (AvgIpc) is 2.54. The molecule has 1 aromatic rings. The number of aromatic nitrogens is 2. The van der Waals surface area contributed by atoms with Gasteiger partial charge in [0, 0.05) is 12.2 Å². The minimum atomic E-state index is -0.181. The van der Waals surface area contributed by atoms with Crippen molar-refractivity contribution in [3.63, 3.8) is 0 Å². The molecule has 80 valence electrons. The highest BCUT2D eigenvalue weighted by molar-refractivity contribution is 5.99. The Labute approximate surface area is 88.6 Å². The van der Waals surface area contributed by atoms with E-state index in [0.29, 0.717) is 17.8 Å². The summed E-state index contributed by atoms with van der Waals surface area (Å²) in [4.78, 5) is 13.5. The van der Waals surface area contributed by atoms with E-state index in [2.05, 4.69) is 16.1 Å². The summed E-state index contributed by atoms with van der Waals surface area (Å²) in [5, 5.41) is 6.43. The van der Waals surface area contributed by atoms with E-state index < -0.39 is 0 Å². The molecular formula is C10H14N4O. The molecule has 0 atom stereocenters. The quantitative estimate of drug-likeness (QED) is 0.703. The second-order valence-corrected chi connectivity index (χ2v) is 3.13. The lowest BCUT2D eigenvalue weighted by Crippen LogP contribution is -2.31. The van der Waals surface area contributed by atoms with Gasteiger partial charge in [-0.05, 0) is 13.8 Å². The zero-order valence-corrected chi connectivity index (χ0v) is 8.87. The maximum absolute atomic E-state index is 12.0. The van der Waals surface area contributed by atoms with Crippen molar-refractivity contribution < 1.29 is 4.79 Å². The van der Waals surface area contributed by atoms with Crippen LogP contribution in [-0.2, 0) is 0 Å². The number of nitrogen functional groups attached to an aromatic ring is 1. The predicted octanol–water partition coefficient (Wildman–Crippen LogP) is 0.396. The third kappa shape index (κ3) is 2.10. The molecule has 0 unspecified atom stereocenters. The summed E-state index contributed by atoms with van der Waals surface area (Å²) in [5.74, 6) is 2.47. The molecule has 0 aromatic carbocycles. The predicted molar refractivity (Wildman–Crippen MR) is 58.1 cm³/mol. The van der Waals surface area contributed by atoms with Gasteiger partial charge < -0.3 is 10.6 Å². The average molecular weight is 206 g/mol. The molecule has 1 amide bonds. The van der Waals surface area contributed by atoms with Crippen molar-refractivity contribution in [2.45, 2.75) is 13.8 Å². The number of hydrogen-bond donors (Lipinski definition) is 2. The van der Waals surface area contributed by atoms with Gasteiger partial charge in [-0.2, -0.15) is 5.10 Å². The van der Waals surface area contributed by atoms with Crippen LogP contribution in [0.15, 0.2) is 0 Å². The van der Waals surface area contributed by atoms with Crippen LogP contribution in [0.3, 0.4) is 0 Å². The fraction of sp³-hybridized carbons (Fsp3) is 0.400. The Bertz CT molecular complexity index is 383. The molecule has 15 heavy (non-hydrogen) atoms. The number of carbonyl (C=O) groups excluding carboxylic acids is 1. The fourth-order valence-electron chi connectivity index (χ4n) is 1.31. The third-order valence-electron chi connectivity index (χ3n) is 2.14. The summed E-state index contributed by atoms with van der Waals surface area (Å²) < 4.78 is 0. The summed E-state index contributed by atoms with van der Waals surface area (Å²) in [5.41, 5.74) is 6.66. The van der Waals surface area contributed by atoms with E-state index in [4.69, 9.17) is 12.2 Å². The SMILES string of the molecule is C#CCN(CC)C(=O)c1c(N)n[nH]c1C. The van der Waals surface area contributed by atoms with E-state index >= 15 is 0 Å². The number of anilines is 1. The Morgan fingerprint density at radius 1 is 1.73 bits per heavy atom. The van der Waals surface area contributed by atoms with E-state index in [0.717, 1.165) is 0 Å². The number of rotatable bonds is 3. The largest absolute Gasteiger partial charge is 0.382 e. The van der Waals surface area contributed by atoms with E-state index in [1.54, 1.807) is 6.92 Å². The topological polar surface area (TPSA) is 75.0 Å². The Kier molecular flexibility index (Phi) is 3.34. The van der Waals surface area contributed by atoms with Crippen molar-refractivity contribution in [3.05, 3.63) is 11.3 Å². The molecule has 0 saturated carbocycles. The lowest BCUT2D eigenvalue weighted by Gasteiger charge is -2.17. The zero-order chi connectivity index (χ0) is 11.4. The lowest BCUT2D eigenvalue weighted by molar-refractivity contribution is 0.0785. The summed E-state index contributed by atoms with van der Waals surface area (Å²) in [6.07, 6.45) is 5.17. The molecule has 1 heterocycles. The Morgan fingerprint density at radius 3 is 2.80 bits per heavy atom. The number of nitrogens with two attached hydrogens (primary N) is 1. The first-order valence-corrected chi connectivity index (χ1v) is 4.65. The van der Waals surface area contributed by atoms with Crippen LogP contribution in [0.4, 0.5) is 5.82 Å². The number of carbonyl (C=O) groups is 1. The number of aryl methyl sites for hydroxylation is 1. The lowest BCUT2D eigenvalue weighted by atomic mass is 10.2. The number of aromatic amines is 1. The van der Waals surface area contributed by atoms with Gasteiger partial charge >= 0.3 is 0 Å². The summed E-state index contributed by atoms with van der Waals surface area (Å²) in [7, 11) is 0. The maximum Gasteiger partial charge on any atom is 0.260 e. The first-order valence-electron chi connectivity index (χ1n) is 4.65. The van der Waals surface area contributed by atoms with Crippen LogP contribution in [0.1, 0.15) is 23.0 Å². The highest BCUT2D eigenvalue weighted by atomic mass is 16.2. The van der Waals surface area contributed by atoms with Crippen molar-refractivity contribution in [1.82, 2.24) is 15.1 Å². The molecule has 0 aliphatic heterocycles. The molecule has 0 aliphatic rings. The van der Waals surface area contributed by atoms with Crippen molar-refractivity contribution >= 4 is 11.7 Å². The van der Waals surface area contributed by atoms with Gasteiger partial charge in [0.2, 0.25) is 0 Å². The van der Waals surface area contributed by atoms with Crippen LogP contribution in [0.25, 0.3) is 0 Å². The smallest absolute Gasteiger partial charge is 0.260 e. The minimum absolute atomic E-state index is 0.181. The number of H-pyrrole nitrogens is 1. The molecule has 5 heteroatoms. The summed E-state index contributed by atoms with van der Waals surface area (Å²) in [6.45, 7) is 4.44. The monoisotopic (exact) mass is 206 g/mol. The number of nitrogens with one attached hydrogen (secondary N) is 1. The maximum atomic E-state index is 12.0. The molecule has 0 aliphatic carbocycles. The van der Waals surface area contributed by atoms with Gasteiger partial charge in [-0.3, -0.25) is 9.89 Å². The molecule has 1 rings (SSSR count). The molecule has 3 N–H and O–H groups in total. The van der Waals surface area contributed by atoms with Gasteiger partial charge in [0.15, 0.2) is 5.82 Å². The zero-order valence-electron chi connectivity index (χ0n) is 8.87. The normalized spacial score (nSPS) is 9.67. The molecule has 5 nitrogen and oxygen atoms in total. The van der Waals surface area contributed by atoms with Gasteiger partial charge in [-0.15, -0.1) is 6.42 Å². The Balaban J connectivity index is 2.98. The molecule has 0 saturated heterocycles. The second kappa shape index (κ2) is 4.51. The molecule has 0 radical (unpaired) electrons. The van der Waals surface area contributed by atoms with Crippen molar-refractivity contribution in [1.29, 1.82) is 0 Å². The fourth-order valence-corrected chi connectivity index (χ4v) is 1.31. The number of amides is 1. The number of terminal acetylenes is 1. The van der Waals surface area contributed by atoms with Gasteiger partial charge in [0.1, 0.15) is 5.56 Å². The minimum Gasteiger partial charge on any atom is -0.382 e. The van der Waals surface area contributed by atoms with Gasteiger partial charge in [-0.1, -0.05) is 5.92 Å². The standard InChI is InChI=1S/C10H14N4O/c1-4-6-14(5-2)10(15)8-7(3)12-13-9(8)11/h1H,5-6H2,2-3H3,(H3,11,12,13). The van der Waals surface area contributed by atoms with Gasteiger partial charge in [0.25, 0.3) is 5.91 Å². The Hall–Kier alpha value is -1.96. The Morgan fingerprint density at radius 2 is 2.40 bits per heavy atom. The van der Waals surface area contributed by atoms with Gasteiger partial charge in [0.05, 0.1) is 6.54 Å². The van der Waals surface area contributed by atoms with E-state index in [9.17, 15) is 4.79 Å². The highest BCUT2D eigenvalue weighted by Crippen LogP contribution is 2.14. The summed E-state index contributed by atoms with van der Waals surface area (Å²) >= 11 is 0. The van der Waals surface area contributed by atoms with E-state index in [1.807, 2.05) is 6.92 Å². The number of hydrogen-bond acceptors (Lipinski definition) is 3. The summed E-state index contributed by atoms with van der Waals surface area (Å²) in [6, 6.07) is 0. The second-order valence-electron chi connectivity index (χ2n) is 3.13. The van der Waals surface area contributed by atoms with E-state index in [-0.39, 0.29) is 18.3 Å². The van der Waals surface area contributed by atoms with Crippen LogP contribution in [0.2, 0.25) is 0 Å². The van der Waals surface area contributed by atoms with Gasteiger partial charge in [-0.25, -0.2) is 0 Å². The first kappa shape index (κ1) is 11.1. The van der Waals surface area contributed by atoms with Crippen LogP contribution in [0.5, 0.6) is 0 Å². The number of nitrogens with zero attached hydrogens (tertiary/aromatic N) is 2. The highest BCUT2D eigenvalue weighted by Gasteiger charge is 2.20. The van der Waals surface area contributed by atoms with Crippen molar-refractivity contribution in [3.8, 4) is 12.3 Å². The van der Waals surface area contributed by atoms with Crippen LogP contribution >= 0.6 is 0 Å². The third-order valence-corrected chi connectivity index (χ3v) is 2.14. The van der Waals surface area contributed by atoms with Crippen LogP contribution in [-0.4, -0.2) is 34.1 Å². The molecular weight excluding hydrogens is 192 g/mol. The molecule has 0 spiro atoms. The van der Waals surface area contributed by atoms with Crippen molar-refractivity contribution in [2.24, 2.45) is 0 Å². The molecule has 1 aromatic heterocycles. The van der Waals surface area contributed by atoms with Crippen LogP contribution < -0.4 is 5.73 Å². The van der Waals surface area contributed by atoms with E-state index in [1.165, 1.54) is 4.90 Å². The molecule has 0 fully saturated rings. The first-order chi connectivity index (χ1) is 7.11.